The van der Waals surface area contributed by atoms with Gasteiger partial charge in [0.2, 0.25) is 5.91 Å². The van der Waals surface area contributed by atoms with Gasteiger partial charge in [-0.05, 0) is 24.6 Å². The van der Waals surface area contributed by atoms with Crippen molar-refractivity contribution in [2.24, 2.45) is 0 Å². The van der Waals surface area contributed by atoms with E-state index in [0.29, 0.717) is 5.56 Å². The van der Waals surface area contributed by atoms with Crippen molar-refractivity contribution in [1.82, 2.24) is 4.90 Å². The zero-order valence-corrected chi connectivity index (χ0v) is 9.68. The molecule has 17 heavy (non-hydrogen) atoms. The molecule has 1 unspecified atom stereocenters. The largest absolute Gasteiger partial charge is 0.479 e. The molecule has 4 nitrogen and oxygen atoms in total. The first-order chi connectivity index (χ1) is 7.97. The summed E-state index contributed by atoms with van der Waals surface area (Å²) in [5.41, 5.74) is 0.385. The number of hydrogen-bond donors (Lipinski definition) is 1. The average molecular weight is 239 g/mol. The molecule has 0 saturated heterocycles. The first-order valence-electron chi connectivity index (χ1n) is 5.22. The fraction of sp³-hybridized carbons (Fsp3) is 0.333. The topological polar surface area (TPSA) is 57.6 Å². The molecule has 1 aromatic rings. The number of hydrogen-bond acceptors (Lipinski definition) is 2. The molecular formula is C12H14FNO3. The molecule has 92 valence electrons. The lowest BCUT2D eigenvalue weighted by molar-refractivity contribution is -0.149. The molecule has 1 N–H and O–H groups in total. The fourth-order valence-corrected chi connectivity index (χ4v) is 1.69. The summed E-state index contributed by atoms with van der Waals surface area (Å²) in [5.74, 6) is -1.90. The van der Waals surface area contributed by atoms with Gasteiger partial charge in [0.15, 0.2) is 6.04 Å². The van der Waals surface area contributed by atoms with Crippen LogP contribution in [-0.2, 0) is 9.59 Å². The second-order valence-corrected chi connectivity index (χ2v) is 3.60. The molecule has 0 saturated carbocycles. The van der Waals surface area contributed by atoms with Gasteiger partial charge in [-0.1, -0.05) is 12.1 Å². The minimum absolute atomic E-state index is 0.281. The zero-order chi connectivity index (χ0) is 13.0. The molecule has 0 fully saturated rings. The number of carbonyl (C=O) groups is 2. The van der Waals surface area contributed by atoms with E-state index in [1.165, 1.54) is 36.1 Å². The minimum atomic E-state index is -1.13. The Morgan fingerprint density at radius 1 is 1.35 bits per heavy atom. The van der Waals surface area contributed by atoms with Gasteiger partial charge in [0.05, 0.1) is 0 Å². The van der Waals surface area contributed by atoms with E-state index in [1.54, 1.807) is 6.92 Å². The van der Waals surface area contributed by atoms with Gasteiger partial charge in [0, 0.05) is 13.5 Å². The molecule has 0 aliphatic heterocycles. The van der Waals surface area contributed by atoms with Crippen molar-refractivity contribution >= 4 is 11.9 Å². The highest BCUT2D eigenvalue weighted by Gasteiger charge is 2.28. The first-order valence-corrected chi connectivity index (χ1v) is 5.22. The maximum Gasteiger partial charge on any atom is 0.331 e. The maximum absolute atomic E-state index is 12.8. The third-order valence-electron chi connectivity index (χ3n) is 2.48. The summed E-state index contributed by atoms with van der Waals surface area (Å²) in [5, 5.41) is 9.16. The number of carboxylic acids is 1. The molecule has 0 aliphatic carbocycles. The molecular weight excluding hydrogens is 225 g/mol. The number of aliphatic carboxylic acids is 1. The van der Waals surface area contributed by atoms with Gasteiger partial charge in [0.1, 0.15) is 5.82 Å². The van der Waals surface area contributed by atoms with Gasteiger partial charge < -0.3 is 10.0 Å². The number of likely N-dealkylation sites (N-methyl/N-ethyl adjacent to an activating group) is 1. The molecule has 0 bridgehead atoms. The van der Waals surface area contributed by atoms with Gasteiger partial charge in [0.25, 0.3) is 0 Å². The van der Waals surface area contributed by atoms with E-state index in [4.69, 9.17) is 5.11 Å². The molecule has 0 heterocycles. The summed E-state index contributed by atoms with van der Waals surface area (Å²) in [6.07, 6.45) is 0. The average Bonchev–Trinajstić information content (AvgIpc) is 2.26. The monoisotopic (exact) mass is 239 g/mol. The van der Waals surface area contributed by atoms with Crippen LogP contribution in [0.15, 0.2) is 24.3 Å². The van der Waals surface area contributed by atoms with Crippen LogP contribution in [0.1, 0.15) is 25.5 Å². The third kappa shape index (κ3) is 3.03. The second-order valence-electron chi connectivity index (χ2n) is 3.60. The Hall–Kier alpha value is -1.91. The molecule has 1 atom stereocenters. The van der Waals surface area contributed by atoms with Crippen LogP contribution >= 0.6 is 0 Å². The Balaban J connectivity index is 3.12. The Morgan fingerprint density at radius 3 is 2.24 bits per heavy atom. The highest BCUT2D eigenvalue weighted by atomic mass is 19.1. The van der Waals surface area contributed by atoms with Crippen LogP contribution in [-0.4, -0.2) is 28.4 Å². The molecule has 1 amide bonds. The Morgan fingerprint density at radius 2 is 1.88 bits per heavy atom. The van der Waals surface area contributed by atoms with E-state index >= 15 is 0 Å². The predicted octanol–water partition coefficient (Wildman–Crippen LogP) is 1.82. The minimum Gasteiger partial charge on any atom is -0.479 e. The van der Waals surface area contributed by atoms with Crippen LogP contribution in [0, 0.1) is 5.82 Å². The van der Waals surface area contributed by atoms with Crippen molar-refractivity contribution < 1.29 is 19.1 Å². The molecule has 0 radical (unpaired) electrons. The SMILES string of the molecule is CCN(C(C)=O)C(C(=O)O)c1ccc(F)cc1. The number of nitrogens with zero attached hydrogens (tertiary/aromatic N) is 1. The van der Waals surface area contributed by atoms with Crippen molar-refractivity contribution in [3.8, 4) is 0 Å². The van der Waals surface area contributed by atoms with Gasteiger partial charge in [-0.2, -0.15) is 0 Å². The fourth-order valence-electron chi connectivity index (χ4n) is 1.69. The summed E-state index contributed by atoms with van der Waals surface area (Å²) in [7, 11) is 0. The van der Waals surface area contributed by atoms with Crippen LogP contribution in [0.25, 0.3) is 0 Å². The van der Waals surface area contributed by atoms with Crippen molar-refractivity contribution in [3.63, 3.8) is 0 Å². The molecule has 1 aromatic carbocycles. The van der Waals surface area contributed by atoms with E-state index in [9.17, 15) is 14.0 Å². The van der Waals surface area contributed by atoms with E-state index < -0.39 is 17.8 Å². The lowest BCUT2D eigenvalue weighted by Crippen LogP contribution is -2.37. The Kier molecular flexibility index (Phi) is 4.20. The number of carboxylic acid groups (broad SMARTS) is 1. The van der Waals surface area contributed by atoms with E-state index in [2.05, 4.69) is 0 Å². The van der Waals surface area contributed by atoms with Crippen LogP contribution in [0.3, 0.4) is 0 Å². The zero-order valence-electron chi connectivity index (χ0n) is 9.68. The van der Waals surface area contributed by atoms with Crippen LogP contribution in [0.5, 0.6) is 0 Å². The normalized spacial score (nSPS) is 11.9. The number of amides is 1. The highest BCUT2D eigenvalue weighted by Crippen LogP contribution is 2.21. The van der Waals surface area contributed by atoms with Crippen molar-refractivity contribution in [1.29, 1.82) is 0 Å². The summed E-state index contributed by atoms with van der Waals surface area (Å²) in [6.45, 7) is 3.29. The number of rotatable bonds is 4. The van der Waals surface area contributed by atoms with Crippen LogP contribution in [0.4, 0.5) is 4.39 Å². The number of halogens is 1. The number of carbonyl (C=O) groups excluding carboxylic acids is 1. The highest BCUT2D eigenvalue weighted by molar-refractivity contribution is 5.83. The van der Waals surface area contributed by atoms with E-state index in [-0.39, 0.29) is 12.5 Å². The molecule has 1 rings (SSSR count). The Labute approximate surface area is 98.7 Å². The van der Waals surface area contributed by atoms with E-state index in [1.807, 2.05) is 0 Å². The van der Waals surface area contributed by atoms with Gasteiger partial charge in [-0.3, -0.25) is 4.79 Å². The molecule has 0 aromatic heterocycles. The standard InChI is InChI=1S/C12H14FNO3/c1-3-14(8(2)15)11(12(16)17)9-4-6-10(13)7-5-9/h4-7,11H,3H2,1-2H3,(H,16,17). The lowest BCUT2D eigenvalue weighted by Gasteiger charge is -2.26. The van der Waals surface area contributed by atoms with Crippen molar-refractivity contribution in [2.75, 3.05) is 6.54 Å². The maximum atomic E-state index is 12.8. The smallest absolute Gasteiger partial charge is 0.331 e. The Bertz CT molecular complexity index is 416. The van der Waals surface area contributed by atoms with Gasteiger partial charge in [-0.15, -0.1) is 0 Å². The molecule has 0 aliphatic rings. The van der Waals surface area contributed by atoms with Crippen molar-refractivity contribution in [3.05, 3.63) is 35.6 Å². The van der Waals surface area contributed by atoms with E-state index in [0.717, 1.165) is 0 Å². The summed E-state index contributed by atoms with van der Waals surface area (Å²) >= 11 is 0. The molecule has 5 heteroatoms. The number of benzene rings is 1. The summed E-state index contributed by atoms with van der Waals surface area (Å²) in [4.78, 5) is 23.8. The van der Waals surface area contributed by atoms with Crippen molar-refractivity contribution in [2.45, 2.75) is 19.9 Å². The van der Waals surface area contributed by atoms with Gasteiger partial charge in [-0.25, -0.2) is 9.18 Å². The quantitative estimate of drug-likeness (QED) is 0.871. The van der Waals surface area contributed by atoms with Crippen LogP contribution in [0.2, 0.25) is 0 Å². The predicted molar refractivity (Wildman–Crippen MR) is 59.8 cm³/mol. The molecule has 0 spiro atoms. The van der Waals surface area contributed by atoms with Gasteiger partial charge >= 0.3 is 5.97 Å². The first kappa shape index (κ1) is 13.2. The summed E-state index contributed by atoms with van der Waals surface area (Å²) < 4.78 is 12.8. The lowest BCUT2D eigenvalue weighted by atomic mass is 10.1. The van der Waals surface area contributed by atoms with Crippen LogP contribution < -0.4 is 0 Å². The summed E-state index contributed by atoms with van der Waals surface area (Å²) in [6, 6.07) is 4.04. The third-order valence-corrected chi connectivity index (χ3v) is 2.48. The second kappa shape index (κ2) is 5.43.